The summed E-state index contributed by atoms with van der Waals surface area (Å²) in [5, 5.41) is 3.50. The molecule has 0 fully saturated rings. The number of aromatic nitrogens is 1. The number of aryl methyl sites for hydroxylation is 2. The van der Waals surface area contributed by atoms with E-state index in [-0.39, 0.29) is 0 Å². The standard InChI is InChI=1S/C17H22N2/c1-15-13-19-12-10-17(15)14-18-11-6-5-9-16-7-3-2-4-8-16/h2-4,7-8,10,12-13,18H,5-6,9,11,14H2,1H3. The molecule has 2 heteroatoms. The lowest BCUT2D eigenvalue weighted by molar-refractivity contribution is 0.621. The van der Waals surface area contributed by atoms with E-state index in [0.29, 0.717) is 0 Å². The van der Waals surface area contributed by atoms with Gasteiger partial charge >= 0.3 is 0 Å². The minimum atomic E-state index is 0.944. The van der Waals surface area contributed by atoms with Gasteiger partial charge in [-0.1, -0.05) is 30.3 Å². The molecule has 0 aliphatic carbocycles. The topological polar surface area (TPSA) is 24.9 Å². The average Bonchev–Trinajstić information content (AvgIpc) is 2.45. The molecule has 2 aromatic rings. The number of hydrogen-bond donors (Lipinski definition) is 1. The van der Waals surface area contributed by atoms with Gasteiger partial charge in [-0.25, -0.2) is 0 Å². The molecule has 19 heavy (non-hydrogen) atoms. The molecule has 2 rings (SSSR count). The lowest BCUT2D eigenvalue weighted by Crippen LogP contribution is -2.15. The second kappa shape index (κ2) is 7.70. The van der Waals surface area contributed by atoms with Crippen LogP contribution in [0.5, 0.6) is 0 Å². The first kappa shape index (κ1) is 13.8. The first-order chi connectivity index (χ1) is 9.36. The van der Waals surface area contributed by atoms with Crippen LogP contribution in [0.3, 0.4) is 0 Å². The normalized spacial score (nSPS) is 10.6. The maximum Gasteiger partial charge on any atom is 0.0300 e. The van der Waals surface area contributed by atoms with Gasteiger partial charge in [0.25, 0.3) is 0 Å². The van der Waals surface area contributed by atoms with Gasteiger partial charge in [-0.3, -0.25) is 4.98 Å². The first-order valence-corrected chi connectivity index (χ1v) is 7.00. The van der Waals surface area contributed by atoms with Crippen LogP contribution in [-0.2, 0) is 13.0 Å². The van der Waals surface area contributed by atoms with Crippen molar-refractivity contribution in [3.63, 3.8) is 0 Å². The van der Waals surface area contributed by atoms with Crippen LogP contribution in [0.2, 0.25) is 0 Å². The summed E-state index contributed by atoms with van der Waals surface area (Å²) in [4.78, 5) is 4.11. The van der Waals surface area contributed by atoms with E-state index in [1.54, 1.807) is 0 Å². The third kappa shape index (κ3) is 4.84. The van der Waals surface area contributed by atoms with E-state index in [9.17, 15) is 0 Å². The smallest absolute Gasteiger partial charge is 0.0300 e. The fraction of sp³-hybridized carbons (Fsp3) is 0.353. The Balaban J connectivity index is 1.59. The van der Waals surface area contributed by atoms with Crippen molar-refractivity contribution in [1.29, 1.82) is 0 Å². The molecule has 0 atom stereocenters. The van der Waals surface area contributed by atoms with Crippen LogP contribution in [0.1, 0.15) is 29.5 Å². The number of rotatable bonds is 7. The molecule has 0 spiro atoms. The Hall–Kier alpha value is -1.67. The van der Waals surface area contributed by atoms with Gasteiger partial charge in [0.1, 0.15) is 0 Å². The molecule has 2 nitrogen and oxygen atoms in total. The molecular formula is C17H22N2. The molecule has 1 N–H and O–H groups in total. The van der Waals surface area contributed by atoms with E-state index in [1.807, 2.05) is 12.4 Å². The molecule has 0 saturated carbocycles. The lowest BCUT2D eigenvalue weighted by Gasteiger charge is -2.07. The molecule has 0 radical (unpaired) electrons. The summed E-state index contributed by atoms with van der Waals surface area (Å²) in [6.07, 6.45) is 7.42. The number of nitrogens with zero attached hydrogens (tertiary/aromatic N) is 1. The Bertz CT molecular complexity index is 480. The quantitative estimate of drug-likeness (QED) is 0.765. The van der Waals surface area contributed by atoms with Gasteiger partial charge in [0, 0.05) is 18.9 Å². The number of unbranched alkanes of at least 4 members (excludes halogenated alkanes) is 1. The van der Waals surface area contributed by atoms with Crippen LogP contribution in [-0.4, -0.2) is 11.5 Å². The molecular weight excluding hydrogens is 232 g/mol. The molecule has 0 amide bonds. The molecule has 0 aliphatic rings. The van der Waals surface area contributed by atoms with Gasteiger partial charge in [-0.2, -0.15) is 0 Å². The second-order valence-electron chi connectivity index (χ2n) is 4.92. The van der Waals surface area contributed by atoms with E-state index < -0.39 is 0 Å². The third-order valence-electron chi connectivity index (χ3n) is 3.36. The van der Waals surface area contributed by atoms with Gasteiger partial charge in [-0.05, 0) is 55.5 Å². The van der Waals surface area contributed by atoms with Crippen molar-refractivity contribution in [2.75, 3.05) is 6.54 Å². The zero-order valence-corrected chi connectivity index (χ0v) is 11.6. The van der Waals surface area contributed by atoms with Crippen molar-refractivity contribution in [2.24, 2.45) is 0 Å². The molecule has 1 heterocycles. The first-order valence-electron chi connectivity index (χ1n) is 7.00. The van der Waals surface area contributed by atoms with Gasteiger partial charge in [0.2, 0.25) is 0 Å². The van der Waals surface area contributed by atoms with Crippen molar-refractivity contribution >= 4 is 0 Å². The molecule has 0 aliphatic heterocycles. The summed E-state index contributed by atoms with van der Waals surface area (Å²) in [6, 6.07) is 12.8. The van der Waals surface area contributed by atoms with Gasteiger partial charge < -0.3 is 5.32 Å². The zero-order valence-electron chi connectivity index (χ0n) is 11.6. The van der Waals surface area contributed by atoms with E-state index in [2.05, 4.69) is 53.6 Å². The summed E-state index contributed by atoms with van der Waals surface area (Å²) < 4.78 is 0. The number of hydrogen-bond acceptors (Lipinski definition) is 2. The highest BCUT2D eigenvalue weighted by atomic mass is 14.8. The van der Waals surface area contributed by atoms with E-state index in [0.717, 1.165) is 13.1 Å². The molecule has 1 aromatic heterocycles. The Morgan fingerprint density at radius 3 is 2.68 bits per heavy atom. The highest BCUT2D eigenvalue weighted by molar-refractivity contribution is 5.21. The van der Waals surface area contributed by atoms with Crippen LogP contribution in [0.25, 0.3) is 0 Å². The lowest BCUT2D eigenvalue weighted by atomic mass is 10.1. The van der Waals surface area contributed by atoms with Crippen molar-refractivity contribution in [2.45, 2.75) is 32.7 Å². The largest absolute Gasteiger partial charge is 0.313 e. The van der Waals surface area contributed by atoms with Crippen LogP contribution < -0.4 is 5.32 Å². The predicted octanol–water partition coefficient (Wildman–Crippen LogP) is 3.50. The Kier molecular flexibility index (Phi) is 5.57. The maximum absolute atomic E-state index is 4.11. The molecule has 1 aromatic carbocycles. The monoisotopic (exact) mass is 254 g/mol. The van der Waals surface area contributed by atoms with Crippen LogP contribution >= 0.6 is 0 Å². The summed E-state index contributed by atoms with van der Waals surface area (Å²) in [6.45, 7) is 4.13. The number of pyridine rings is 1. The minimum Gasteiger partial charge on any atom is -0.313 e. The molecule has 0 bridgehead atoms. The van der Waals surface area contributed by atoms with Gasteiger partial charge in [0.15, 0.2) is 0 Å². The molecule has 0 saturated heterocycles. The fourth-order valence-corrected chi connectivity index (χ4v) is 2.15. The summed E-state index contributed by atoms with van der Waals surface area (Å²) in [7, 11) is 0. The maximum atomic E-state index is 4.11. The Morgan fingerprint density at radius 1 is 1.05 bits per heavy atom. The zero-order chi connectivity index (χ0) is 13.3. The van der Waals surface area contributed by atoms with Crippen LogP contribution in [0, 0.1) is 6.92 Å². The average molecular weight is 254 g/mol. The minimum absolute atomic E-state index is 0.944. The van der Waals surface area contributed by atoms with Crippen LogP contribution in [0.15, 0.2) is 48.8 Å². The van der Waals surface area contributed by atoms with Crippen molar-refractivity contribution in [1.82, 2.24) is 10.3 Å². The fourth-order valence-electron chi connectivity index (χ4n) is 2.15. The predicted molar refractivity (Wildman–Crippen MR) is 80.1 cm³/mol. The molecule has 0 unspecified atom stereocenters. The van der Waals surface area contributed by atoms with E-state index in [1.165, 1.54) is 36.0 Å². The van der Waals surface area contributed by atoms with Crippen molar-refractivity contribution < 1.29 is 0 Å². The Labute approximate surface area is 115 Å². The van der Waals surface area contributed by atoms with E-state index >= 15 is 0 Å². The Morgan fingerprint density at radius 2 is 1.89 bits per heavy atom. The van der Waals surface area contributed by atoms with Crippen LogP contribution in [0.4, 0.5) is 0 Å². The number of nitrogens with one attached hydrogen (secondary N) is 1. The summed E-state index contributed by atoms with van der Waals surface area (Å²) in [5.74, 6) is 0. The molecule has 100 valence electrons. The summed E-state index contributed by atoms with van der Waals surface area (Å²) in [5.41, 5.74) is 4.05. The van der Waals surface area contributed by atoms with Crippen molar-refractivity contribution in [3.8, 4) is 0 Å². The number of benzene rings is 1. The van der Waals surface area contributed by atoms with Gasteiger partial charge in [-0.15, -0.1) is 0 Å². The highest BCUT2D eigenvalue weighted by Gasteiger charge is 1.97. The van der Waals surface area contributed by atoms with Crippen molar-refractivity contribution in [3.05, 3.63) is 65.5 Å². The summed E-state index contributed by atoms with van der Waals surface area (Å²) >= 11 is 0. The SMILES string of the molecule is Cc1cnccc1CNCCCCc1ccccc1. The van der Waals surface area contributed by atoms with Gasteiger partial charge in [0.05, 0.1) is 0 Å². The highest BCUT2D eigenvalue weighted by Crippen LogP contribution is 2.05. The van der Waals surface area contributed by atoms with E-state index in [4.69, 9.17) is 0 Å². The second-order valence-corrected chi connectivity index (χ2v) is 4.92. The third-order valence-corrected chi connectivity index (χ3v) is 3.36.